The predicted octanol–water partition coefficient (Wildman–Crippen LogP) is 1.51. The van der Waals surface area contributed by atoms with Crippen molar-refractivity contribution in [3.63, 3.8) is 0 Å². The third-order valence-electron chi connectivity index (χ3n) is 3.14. The summed E-state index contributed by atoms with van der Waals surface area (Å²) < 4.78 is 13.3. The number of carboxylic acid groups (broad SMARTS) is 1. The second-order valence-electron chi connectivity index (χ2n) is 4.88. The summed E-state index contributed by atoms with van der Waals surface area (Å²) in [5, 5.41) is 22.4. The number of hydrogen-bond donors (Lipinski definition) is 2. The zero-order valence-corrected chi connectivity index (χ0v) is 10.9. The fraction of sp³-hybridized carbons (Fsp3) is 0.385. The van der Waals surface area contributed by atoms with E-state index in [0.717, 1.165) is 31.0 Å². The molecule has 1 aliphatic carbocycles. The molecule has 1 unspecified atom stereocenters. The van der Waals surface area contributed by atoms with Gasteiger partial charge in [0.15, 0.2) is 5.78 Å². The second-order valence-corrected chi connectivity index (χ2v) is 4.88. The minimum Gasteiger partial charge on any atom is -0.481 e. The molecule has 7 nitrogen and oxygen atoms in total. The number of nitro benzene ring substituents is 1. The van der Waals surface area contributed by atoms with Crippen LogP contribution in [-0.4, -0.2) is 33.9 Å². The highest BCUT2D eigenvalue weighted by Gasteiger charge is 2.31. The molecule has 0 bridgehead atoms. The van der Waals surface area contributed by atoms with Crippen molar-refractivity contribution < 1.29 is 24.0 Å². The number of nitrogens with zero attached hydrogens (tertiary/aromatic N) is 1. The summed E-state index contributed by atoms with van der Waals surface area (Å²) in [4.78, 5) is 32.8. The molecule has 2 N–H and O–H groups in total. The molecule has 1 fully saturated rings. The monoisotopic (exact) mass is 296 g/mol. The topological polar surface area (TPSA) is 110 Å². The van der Waals surface area contributed by atoms with Crippen LogP contribution in [0.3, 0.4) is 0 Å². The van der Waals surface area contributed by atoms with Gasteiger partial charge < -0.3 is 10.4 Å². The summed E-state index contributed by atoms with van der Waals surface area (Å²) in [6.07, 6.45) is 1.28. The third-order valence-corrected chi connectivity index (χ3v) is 3.14. The molecule has 2 rings (SSSR count). The van der Waals surface area contributed by atoms with E-state index in [1.54, 1.807) is 0 Å². The molecule has 0 radical (unpaired) electrons. The third kappa shape index (κ3) is 3.82. The van der Waals surface area contributed by atoms with Gasteiger partial charge in [0.2, 0.25) is 5.82 Å². The van der Waals surface area contributed by atoms with Gasteiger partial charge in [-0.3, -0.25) is 19.7 Å². The van der Waals surface area contributed by atoms with Crippen molar-refractivity contribution in [1.29, 1.82) is 0 Å². The summed E-state index contributed by atoms with van der Waals surface area (Å²) >= 11 is 0. The van der Waals surface area contributed by atoms with Crippen LogP contribution in [0.15, 0.2) is 18.2 Å². The largest absolute Gasteiger partial charge is 0.481 e. The lowest BCUT2D eigenvalue weighted by Crippen LogP contribution is -2.40. The number of nitrogens with one attached hydrogen (secondary N) is 1. The molecule has 1 aliphatic rings. The average molecular weight is 296 g/mol. The lowest BCUT2D eigenvalue weighted by molar-refractivity contribution is -0.387. The highest BCUT2D eigenvalue weighted by atomic mass is 19.1. The number of hydrogen-bond acceptors (Lipinski definition) is 5. The minimum atomic E-state index is -1.15. The number of nitro groups is 1. The zero-order chi connectivity index (χ0) is 15.6. The number of ketones is 1. The first-order chi connectivity index (χ1) is 9.88. The summed E-state index contributed by atoms with van der Waals surface area (Å²) in [5.41, 5.74) is -0.885. The van der Waals surface area contributed by atoms with Crippen LogP contribution in [0, 0.1) is 15.9 Å². The summed E-state index contributed by atoms with van der Waals surface area (Å²) in [5.74, 6) is -2.79. The molecule has 1 saturated carbocycles. The van der Waals surface area contributed by atoms with Gasteiger partial charge in [0.25, 0.3) is 0 Å². The highest BCUT2D eigenvalue weighted by Crippen LogP contribution is 2.23. The number of rotatable bonds is 7. The molecule has 1 aromatic rings. The van der Waals surface area contributed by atoms with Crippen LogP contribution in [0.5, 0.6) is 0 Å². The van der Waals surface area contributed by atoms with E-state index in [1.807, 2.05) is 0 Å². The van der Waals surface area contributed by atoms with E-state index >= 15 is 0 Å². The molecule has 0 aromatic heterocycles. The Kier molecular flexibility index (Phi) is 4.27. The van der Waals surface area contributed by atoms with Crippen LogP contribution in [0.4, 0.5) is 10.1 Å². The summed E-state index contributed by atoms with van der Waals surface area (Å²) in [6.45, 7) is 0. The Hall–Kier alpha value is -2.35. The predicted molar refractivity (Wildman–Crippen MR) is 69.6 cm³/mol. The van der Waals surface area contributed by atoms with E-state index in [9.17, 15) is 24.1 Å². The Morgan fingerprint density at radius 1 is 1.48 bits per heavy atom. The van der Waals surface area contributed by atoms with Crippen LogP contribution in [-0.2, 0) is 4.79 Å². The van der Waals surface area contributed by atoms with Crippen molar-refractivity contribution >= 4 is 17.4 Å². The number of carbonyl (C=O) groups excluding carboxylic acids is 1. The number of Topliss-reactive ketones (excluding diaryl/α,β-unsaturated/α-hetero) is 1. The van der Waals surface area contributed by atoms with Crippen molar-refractivity contribution in [3.8, 4) is 0 Å². The number of carboxylic acids is 1. The first-order valence-electron chi connectivity index (χ1n) is 6.34. The van der Waals surface area contributed by atoms with Gasteiger partial charge in [-0.1, -0.05) is 0 Å². The maximum atomic E-state index is 13.3. The van der Waals surface area contributed by atoms with E-state index in [1.165, 1.54) is 0 Å². The fourth-order valence-corrected chi connectivity index (χ4v) is 1.94. The van der Waals surface area contributed by atoms with Crippen LogP contribution < -0.4 is 5.32 Å². The first-order valence-corrected chi connectivity index (χ1v) is 6.34. The highest BCUT2D eigenvalue weighted by molar-refractivity contribution is 6.02. The van der Waals surface area contributed by atoms with E-state index in [-0.39, 0.29) is 11.6 Å². The quantitative estimate of drug-likeness (QED) is 0.448. The molecule has 8 heteroatoms. The molecular formula is C13H13FN2O5. The minimum absolute atomic E-state index is 0.0810. The lowest BCUT2D eigenvalue weighted by atomic mass is 10.0. The van der Waals surface area contributed by atoms with E-state index < -0.39 is 40.6 Å². The van der Waals surface area contributed by atoms with Crippen LogP contribution >= 0.6 is 0 Å². The van der Waals surface area contributed by atoms with Crippen molar-refractivity contribution in [2.75, 3.05) is 0 Å². The van der Waals surface area contributed by atoms with Crippen LogP contribution in [0.2, 0.25) is 0 Å². The molecule has 0 amide bonds. The number of benzene rings is 1. The van der Waals surface area contributed by atoms with Gasteiger partial charge >= 0.3 is 11.7 Å². The number of aliphatic carboxylic acids is 1. The molecule has 0 spiro atoms. The van der Waals surface area contributed by atoms with E-state index in [4.69, 9.17) is 5.11 Å². The van der Waals surface area contributed by atoms with Crippen LogP contribution in [0.25, 0.3) is 0 Å². The molecule has 0 aliphatic heterocycles. The van der Waals surface area contributed by atoms with E-state index in [0.29, 0.717) is 0 Å². The van der Waals surface area contributed by atoms with Crippen molar-refractivity contribution in [1.82, 2.24) is 5.32 Å². The summed E-state index contributed by atoms with van der Waals surface area (Å²) in [7, 11) is 0. The molecule has 112 valence electrons. The molecule has 21 heavy (non-hydrogen) atoms. The van der Waals surface area contributed by atoms with Gasteiger partial charge in [0, 0.05) is 17.7 Å². The zero-order valence-electron chi connectivity index (χ0n) is 10.9. The van der Waals surface area contributed by atoms with E-state index in [2.05, 4.69) is 5.32 Å². The Bertz CT molecular complexity index is 600. The van der Waals surface area contributed by atoms with Gasteiger partial charge in [0.1, 0.15) is 0 Å². The molecule has 1 atom stereocenters. The summed E-state index contributed by atoms with van der Waals surface area (Å²) in [6, 6.07) is 1.91. The van der Waals surface area contributed by atoms with Crippen LogP contribution in [0.1, 0.15) is 29.6 Å². The van der Waals surface area contributed by atoms with Gasteiger partial charge in [0.05, 0.1) is 17.4 Å². The van der Waals surface area contributed by atoms with Crippen molar-refractivity contribution in [2.24, 2.45) is 0 Å². The first kappa shape index (κ1) is 15.0. The Morgan fingerprint density at radius 2 is 2.14 bits per heavy atom. The second kappa shape index (κ2) is 5.96. The Morgan fingerprint density at radius 3 is 2.67 bits per heavy atom. The van der Waals surface area contributed by atoms with Gasteiger partial charge in [-0.05, 0) is 25.0 Å². The Labute approximate surface area is 118 Å². The van der Waals surface area contributed by atoms with Gasteiger partial charge in [-0.25, -0.2) is 0 Å². The van der Waals surface area contributed by atoms with Gasteiger partial charge in [-0.2, -0.15) is 4.39 Å². The molecule has 0 heterocycles. The maximum Gasteiger partial charge on any atom is 0.305 e. The van der Waals surface area contributed by atoms with Crippen molar-refractivity contribution in [3.05, 3.63) is 39.7 Å². The number of carbonyl (C=O) groups is 2. The number of halogens is 1. The Balaban J connectivity index is 2.24. The van der Waals surface area contributed by atoms with Crippen molar-refractivity contribution in [2.45, 2.75) is 31.3 Å². The average Bonchev–Trinajstić information content (AvgIpc) is 3.21. The standard InChI is InChI=1S/C13H13FN2O5/c14-9-4-1-7(5-11(9)16(20)21)13(19)10(6-12(17)18)15-8-2-3-8/h1,4-5,8,10,15H,2-3,6H2,(H,17,18). The van der Waals surface area contributed by atoms with Gasteiger partial charge in [-0.15, -0.1) is 0 Å². The normalized spacial score (nSPS) is 15.5. The fourth-order valence-electron chi connectivity index (χ4n) is 1.94. The lowest BCUT2D eigenvalue weighted by Gasteiger charge is -2.15. The molecule has 1 aromatic carbocycles. The SMILES string of the molecule is O=C(O)CC(NC1CC1)C(=O)c1ccc(F)c([N+](=O)[O-])c1. The molecular weight excluding hydrogens is 283 g/mol. The smallest absolute Gasteiger partial charge is 0.305 e. The maximum absolute atomic E-state index is 13.3. The molecule has 0 saturated heterocycles.